The number of carbonyl (C=O) groups excluding carboxylic acids is 1. The Morgan fingerprint density at radius 3 is 2.56 bits per heavy atom. The lowest BCUT2D eigenvalue weighted by Gasteiger charge is -2.24. The van der Waals surface area contributed by atoms with Crippen molar-refractivity contribution < 1.29 is 17.1 Å². The Bertz CT molecular complexity index is 552. The molecule has 1 aromatic carbocycles. The Labute approximate surface area is 105 Å². The molecule has 1 aromatic rings. The average molecular weight is 271 g/mol. The summed E-state index contributed by atoms with van der Waals surface area (Å²) < 4.78 is 34.8. The van der Waals surface area contributed by atoms with Crippen LogP contribution in [-0.4, -0.2) is 14.3 Å². The predicted octanol–water partition coefficient (Wildman–Crippen LogP) is 2.47. The van der Waals surface area contributed by atoms with Crippen LogP contribution >= 0.6 is 0 Å². The van der Waals surface area contributed by atoms with Gasteiger partial charge in [0, 0.05) is 6.42 Å². The van der Waals surface area contributed by atoms with Crippen molar-refractivity contribution in [3.8, 4) is 0 Å². The third-order valence-corrected chi connectivity index (χ3v) is 4.00. The molecule has 0 heterocycles. The zero-order chi connectivity index (χ0) is 13.2. The number of amides is 1. The number of para-hydroxylation sites is 1. The minimum Gasteiger partial charge on any atom is -0.325 e. The summed E-state index contributed by atoms with van der Waals surface area (Å²) in [6, 6.07) is 5.47. The predicted molar refractivity (Wildman–Crippen MR) is 65.3 cm³/mol. The number of rotatable bonds is 4. The van der Waals surface area contributed by atoms with Crippen LogP contribution in [0, 0.1) is 5.92 Å². The first-order valence-electron chi connectivity index (χ1n) is 5.80. The van der Waals surface area contributed by atoms with E-state index in [0.29, 0.717) is 12.3 Å². The molecule has 0 aromatic heterocycles. The normalized spacial score (nSPS) is 16.1. The van der Waals surface area contributed by atoms with Crippen LogP contribution in [0.4, 0.5) is 9.57 Å². The van der Waals surface area contributed by atoms with Gasteiger partial charge in [-0.25, -0.2) is 0 Å². The fourth-order valence-corrected chi connectivity index (χ4v) is 2.57. The van der Waals surface area contributed by atoms with Gasteiger partial charge in [0.05, 0.1) is 5.69 Å². The van der Waals surface area contributed by atoms with Gasteiger partial charge in [0.2, 0.25) is 5.91 Å². The summed E-state index contributed by atoms with van der Waals surface area (Å²) in [5.74, 6) is 0.106. The maximum atomic E-state index is 13.0. The summed E-state index contributed by atoms with van der Waals surface area (Å²) in [6.45, 7) is 0. The Balaban J connectivity index is 2.11. The molecule has 98 valence electrons. The van der Waals surface area contributed by atoms with Gasteiger partial charge in [-0.3, -0.25) is 4.79 Å². The first-order valence-corrected chi connectivity index (χ1v) is 7.19. The van der Waals surface area contributed by atoms with Crippen molar-refractivity contribution in [2.75, 3.05) is 5.32 Å². The lowest BCUT2D eigenvalue weighted by molar-refractivity contribution is -0.117. The van der Waals surface area contributed by atoms with E-state index in [1.165, 1.54) is 12.1 Å². The average Bonchev–Trinajstić information content (AvgIpc) is 2.23. The van der Waals surface area contributed by atoms with Crippen molar-refractivity contribution in [3.05, 3.63) is 24.3 Å². The molecule has 1 N–H and O–H groups in total. The molecule has 1 saturated carbocycles. The molecule has 0 atom stereocenters. The summed E-state index contributed by atoms with van der Waals surface area (Å²) in [5.41, 5.74) is 0.00400. The number of benzene rings is 1. The van der Waals surface area contributed by atoms with Crippen molar-refractivity contribution >= 4 is 21.8 Å². The van der Waals surface area contributed by atoms with Crippen LogP contribution < -0.4 is 5.32 Å². The van der Waals surface area contributed by atoms with Crippen molar-refractivity contribution in [2.24, 2.45) is 5.92 Å². The zero-order valence-electron chi connectivity index (χ0n) is 9.73. The van der Waals surface area contributed by atoms with Crippen LogP contribution in [0.25, 0.3) is 0 Å². The Morgan fingerprint density at radius 2 is 2.00 bits per heavy atom. The van der Waals surface area contributed by atoms with E-state index in [1.807, 2.05) is 0 Å². The molecule has 0 unspecified atom stereocenters. The highest BCUT2D eigenvalue weighted by Gasteiger charge is 2.22. The quantitative estimate of drug-likeness (QED) is 0.856. The van der Waals surface area contributed by atoms with Gasteiger partial charge in [-0.15, -0.1) is 3.89 Å². The van der Waals surface area contributed by atoms with Gasteiger partial charge in [0.25, 0.3) is 0 Å². The molecular weight excluding hydrogens is 257 g/mol. The molecule has 0 aliphatic heterocycles. The van der Waals surface area contributed by atoms with Crippen molar-refractivity contribution in [2.45, 2.75) is 30.6 Å². The van der Waals surface area contributed by atoms with E-state index < -0.39 is 15.1 Å². The van der Waals surface area contributed by atoms with Crippen LogP contribution in [-0.2, 0) is 15.0 Å². The van der Waals surface area contributed by atoms with E-state index in [9.17, 15) is 17.1 Å². The summed E-state index contributed by atoms with van der Waals surface area (Å²) in [5, 5.41) is 2.46. The molecule has 0 bridgehead atoms. The van der Waals surface area contributed by atoms with Crippen molar-refractivity contribution in [1.82, 2.24) is 0 Å². The fraction of sp³-hybridized carbons (Fsp3) is 0.417. The van der Waals surface area contributed by atoms with E-state index >= 15 is 0 Å². The number of carbonyl (C=O) groups is 1. The molecule has 0 saturated heterocycles. The Kier molecular flexibility index (Phi) is 3.65. The largest absolute Gasteiger partial charge is 0.334 e. The number of halogens is 1. The molecule has 2 rings (SSSR count). The highest BCUT2D eigenvalue weighted by atomic mass is 32.3. The molecule has 1 aliphatic rings. The highest BCUT2D eigenvalue weighted by Crippen LogP contribution is 2.30. The second-order valence-electron chi connectivity index (χ2n) is 4.48. The van der Waals surface area contributed by atoms with Gasteiger partial charge in [0.15, 0.2) is 0 Å². The first kappa shape index (κ1) is 13.0. The first-order chi connectivity index (χ1) is 8.47. The van der Waals surface area contributed by atoms with Crippen molar-refractivity contribution in [3.63, 3.8) is 0 Å². The van der Waals surface area contributed by atoms with E-state index in [2.05, 4.69) is 5.32 Å². The molecule has 0 radical (unpaired) electrons. The van der Waals surface area contributed by atoms with Crippen molar-refractivity contribution in [1.29, 1.82) is 0 Å². The molecule has 4 nitrogen and oxygen atoms in total. The molecule has 6 heteroatoms. The standard InChI is InChI=1S/C12H14FNO3S/c13-18(16,17)11-7-2-1-6-10(11)14-12(15)8-9-4-3-5-9/h1-2,6-7,9H,3-5,8H2,(H,14,15). The van der Waals surface area contributed by atoms with Crippen LogP contribution in [0.2, 0.25) is 0 Å². The maximum absolute atomic E-state index is 13.0. The van der Waals surface area contributed by atoms with Gasteiger partial charge in [-0.05, 0) is 30.9 Å². The molecule has 1 fully saturated rings. The van der Waals surface area contributed by atoms with Gasteiger partial charge >= 0.3 is 10.2 Å². The molecule has 0 spiro atoms. The Hall–Kier alpha value is -1.43. The number of hydrogen-bond acceptors (Lipinski definition) is 3. The molecular formula is C12H14FNO3S. The Morgan fingerprint density at radius 1 is 1.33 bits per heavy atom. The lowest BCUT2D eigenvalue weighted by atomic mass is 9.83. The van der Waals surface area contributed by atoms with Crippen LogP contribution in [0.15, 0.2) is 29.2 Å². The van der Waals surface area contributed by atoms with Crippen LogP contribution in [0.1, 0.15) is 25.7 Å². The number of hydrogen-bond donors (Lipinski definition) is 1. The van der Waals surface area contributed by atoms with E-state index in [-0.39, 0.29) is 11.6 Å². The summed E-state index contributed by atoms with van der Waals surface area (Å²) in [6.07, 6.45) is 3.54. The topological polar surface area (TPSA) is 63.2 Å². The van der Waals surface area contributed by atoms with E-state index in [1.54, 1.807) is 6.07 Å². The second kappa shape index (κ2) is 5.06. The minimum absolute atomic E-state index is 0.00400. The van der Waals surface area contributed by atoms with Gasteiger partial charge in [-0.2, -0.15) is 8.42 Å². The lowest BCUT2D eigenvalue weighted by Crippen LogP contribution is -2.21. The van der Waals surface area contributed by atoms with Gasteiger partial charge < -0.3 is 5.32 Å². The maximum Gasteiger partial charge on any atom is 0.334 e. The number of anilines is 1. The molecule has 1 amide bonds. The molecule has 1 aliphatic carbocycles. The van der Waals surface area contributed by atoms with Gasteiger partial charge in [-0.1, -0.05) is 18.6 Å². The number of nitrogens with one attached hydrogen (secondary N) is 1. The SMILES string of the molecule is O=C(CC1CCC1)Nc1ccccc1S(=O)(=O)F. The smallest absolute Gasteiger partial charge is 0.325 e. The highest BCUT2D eigenvalue weighted by molar-refractivity contribution is 7.86. The van der Waals surface area contributed by atoms with E-state index in [4.69, 9.17) is 0 Å². The van der Waals surface area contributed by atoms with E-state index in [0.717, 1.165) is 25.3 Å². The summed E-state index contributed by atoms with van der Waals surface area (Å²) in [4.78, 5) is 11.2. The van der Waals surface area contributed by atoms with Gasteiger partial charge in [0.1, 0.15) is 4.90 Å². The minimum atomic E-state index is -4.81. The van der Waals surface area contributed by atoms with Crippen LogP contribution in [0.5, 0.6) is 0 Å². The summed E-state index contributed by atoms with van der Waals surface area (Å²) >= 11 is 0. The molecule has 18 heavy (non-hydrogen) atoms. The van der Waals surface area contributed by atoms with Crippen LogP contribution in [0.3, 0.4) is 0 Å². The monoisotopic (exact) mass is 271 g/mol. The third-order valence-electron chi connectivity index (χ3n) is 3.12. The zero-order valence-corrected chi connectivity index (χ0v) is 10.5. The fourth-order valence-electron chi connectivity index (χ4n) is 1.94. The second-order valence-corrected chi connectivity index (χ2v) is 5.80. The summed E-state index contributed by atoms with van der Waals surface area (Å²) in [7, 11) is -4.81. The third kappa shape index (κ3) is 3.07.